The minimum absolute atomic E-state index is 0.0395. The van der Waals surface area contributed by atoms with Gasteiger partial charge in [-0.15, -0.1) is 0 Å². The van der Waals surface area contributed by atoms with E-state index in [-0.39, 0.29) is 46.6 Å². The lowest BCUT2D eigenvalue weighted by Crippen LogP contribution is -2.46. The van der Waals surface area contributed by atoms with Crippen molar-refractivity contribution in [3.05, 3.63) is 84.4 Å². The number of cyclic esters (lactones) is 1. The van der Waals surface area contributed by atoms with Gasteiger partial charge in [0.1, 0.15) is 17.4 Å². The molecule has 4 aromatic rings. The molecule has 1 spiro atoms. The van der Waals surface area contributed by atoms with Crippen LogP contribution in [0.2, 0.25) is 0 Å². The van der Waals surface area contributed by atoms with Crippen LogP contribution in [0.1, 0.15) is 44.7 Å². The summed E-state index contributed by atoms with van der Waals surface area (Å²) in [5.41, 5.74) is 4.30. The zero-order chi connectivity index (χ0) is 27.8. The van der Waals surface area contributed by atoms with Gasteiger partial charge in [0.2, 0.25) is 0 Å². The number of anilines is 1. The number of ether oxygens (including phenoxy) is 1. The maximum atomic E-state index is 13.7. The Kier molecular flexibility index (Phi) is 5.44. The average molecular weight is 550 g/mol. The Morgan fingerprint density at radius 3 is 2.80 bits per heavy atom. The third-order valence-electron chi connectivity index (χ3n) is 10.5. The van der Waals surface area contributed by atoms with E-state index in [1.54, 1.807) is 12.3 Å². The van der Waals surface area contributed by atoms with Gasteiger partial charge in [-0.2, -0.15) is 4.98 Å². The van der Waals surface area contributed by atoms with Crippen molar-refractivity contribution in [2.45, 2.75) is 51.2 Å². The van der Waals surface area contributed by atoms with Crippen molar-refractivity contribution in [3.8, 4) is 11.1 Å². The molecule has 1 aliphatic heterocycles. The molecule has 0 radical (unpaired) electrons. The molecule has 41 heavy (non-hydrogen) atoms. The van der Waals surface area contributed by atoms with Gasteiger partial charge in [-0.05, 0) is 92.3 Å². The van der Waals surface area contributed by atoms with E-state index in [9.17, 15) is 9.18 Å². The molecule has 2 aromatic carbocycles. The summed E-state index contributed by atoms with van der Waals surface area (Å²) in [7, 11) is 0. The van der Waals surface area contributed by atoms with Gasteiger partial charge in [0.25, 0.3) is 6.01 Å². The van der Waals surface area contributed by atoms with Crippen molar-refractivity contribution in [2.24, 2.45) is 28.6 Å². The van der Waals surface area contributed by atoms with E-state index < -0.39 is 0 Å². The first kappa shape index (κ1) is 24.8. The number of oxazole rings is 1. The van der Waals surface area contributed by atoms with E-state index in [4.69, 9.17) is 9.15 Å². The Morgan fingerprint density at radius 1 is 1.07 bits per heavy atom. The van der Waals surface area contributed by atoms with Gasteiger partial charge in [-0.1, -0.05) is 36.4 Å². The van der Waals surface area contributed by atoms with Crippen molar-refractivity contribution in [2.75, 3.05) is 5.32 Å². The quantitative estimate of drug-likeness (QED) is 0.264. The number of carbonyl (C=O) groups excluding carboxylic acids is 1. The molecular weight excluding hydrogens is 517 g/mol. The molecule has 8 rings (SSSR count). The SMILES string of the molecule is C[C@H]1OC(=O)[C@@H]2C[C@@H]3C[C@H](Nc4nc5ccccc5o4)CC[C@]34CC4(/C=C/c3ccc(-c4cccc(F)c4)cn3)[C@H]12. The molecule has 7 atom stereocenters. The number of nitrogens with zero attached hydrogens (tertiary/aromatic N) is 2. The summed E-state index contributed by atoms with van der Waals surface area (Å²) in [6, 6.07) is 19.2. The first-order chi connectivity index (χ1) is 19.9. The van der Waals surface area contributed by atoms with Crippen LogP contribution in [0.25, 0.3) is 28.3 Å². The molecule has 2 aromatic heterocycles. The number of esters is 1. The largest absolute Gasteiger partial charge is 0.462 e. The van der Waals surface area contributed by atoms with Gasteiger partial charge in [0.05, 0.1) is 11.6 Å². The van der Waals surface area contributed by atoms with Crippen molar-refractivity contribution in [1.29, 1.82) is 0 Å². The molecule has 3 heterocycles. The normalized spacial score (nSPS) is 33.7. The summed E-state index contributed by atoms with van der Waals surface area (Å²) in [5, 5.41) is 3.57. The number of para-hydroxylation sites is 2. The van der Waals surface area contributed by atoms with E-state index in [0.29, 0.717) is 11.9 Å². The fraction of sp³-hybridized carbons (Fsp3) is 0.382. The second kappa shape index (κ2) is 9.00. The van der Waals surface area contributed by atoms with Gasteiger partial charge >= 0.3 is 5.97 Å². The Balaban J connectivity index is 1.06. The highest BCUT2D eigenvalue weighted by molar-refractivity contribution is 5.77. The number of nitrogens with one attached hydrogen (secondary N) is 1. The Morgan fingerprint density at radius 2 is 1.98 bits per heavy atom. The predicted molar refractivity (Wildman–Crippen MR) is 154 cm³/mol. The lowest BCUT2D eigenvalue weighted by Gasteiger charge is -2.47. The molecule has 208 valence electrons. The predicted octanol–water partition coefficient (Wildman–Crippen LogP) is 7.28. The van der Waals surface area contributed by atoms with Gasteiger partial charge in [-0.25, -0.2) is 4.39 Å². The van der Waals surface area contributed by atoms with E-state index in [1.165, 1.54) is 12.1 Å². The summed E-state index contributed by atoms with van der Waals surface area (Å²) in [6.45, 7) is 2.07. The van der Waals surface area contributed by atoms with Crippen LogP contribution < -0.4 is 5.32 Å². The number of aromatic nitrogens is 2. The molecule has 6 nitrogen and oxygen atoms in total. The van der Waals surface area contributed by atoms with E-state index in [2.05, 4.69) is 34.4 Å². The van der Waals surface area contributed by atoms with Crippen LogP contribution in [0, 0.1) is 34.4 Å². The Bertz CT molecular complexity index is 1650. The fourth-order valence-electron chi connectivity index (χ4n) is 8.71. The smallest absolute Gasteiger partial charge is 0.309 e. The monoisotopic (exact) mass is 549 g/mol. The highest BCUT2D eigenvalue weighted by Crippen LogP contribution is 2.82. The van der Waals surface area contributed by atoms with Crippen LogP contribution in [0.4, 0.5) is 10.4 Å². The minimum atomic E-state index is -0.257. The molecule has 1 saturated heterocycles. The third kappa shape index (κ3) is 3.85. The maximum absolute atomic E-state index is 13.7. The van der Waals surface area contributed by atoms with Gasteiger partial charge in [0, 0.05) is 29.1 Å². The molecule has 1 N–H and O–H groups in total. The van der Waals surface area contributed by atoms with Crippen LogP contribution in [0.3, 0.4) is 0 Å². The lowest BCUT2D eigenvalue weighted by atomic mass is 9.57. The Labute approximate surface area is 238 Å². The second-order valence-corrected chi connectivity index (χ2v) is 12.5. The molecule has 0 bridgehead atoms. The lowest BCUT2D eigenvalue weighted by molar-refractivity contribution is -0.144. The van der Waals surface area contributed by atoms with E-state index in [1.807, 2.05) is 42.5 Å². The topological polar surface area (TPSA) is 77.2 Å². The summed E-state index contributed by atoms with van der Waals surface area (Å²) >= 11 is 0. The van der Waals surface area contributed by atoms with Crippen LogP contribution >= 0.6 is 0 Å². The van der Waals surface area contributed by atoms with Gasteiger partial charge < -0.3 is 14.5 Å². The average Bonchev–Trinajstić information content (AvgIpc) is 3.30. The summed E-state index contributed by atoms with van der Waals surface area (Å²) < 4.78 is 25.5. The molecule has 7 heteroatoms. The fourth-order valence-corrected chi connectivity index (χ4v) is 8.71. The molecular formula is C34H32FN3O3. The Hall–Kier alpha value is -4.00. The summed E-state index contributed by atoms with van der Waals surface area (Å²) in [5.74, 6) is 0.247. The highest BCUT2D eigenvalue weighted by atomic mass is 19.1. The minimum Gasteiger partial charge on any atom is -0.462 e. The van der Waals surface area contributed by atoms with E-state index in [0.717, 1.165) is 60.0 Å². The number of pyridine rings is 1. The number of allylic oxidation sites excluding steroid dienone is 1. The maximum Gasteiger partial charge on any atom is 0.309 e. The molecule has 3 aliphatic carbocycles. The van der Waals surface area contributed by atoms with Gasteiger partial charge in [-0.3, -0.25) is 9.78 Å². The number of halogens is 1. The number of hydrogen-bond donors (Lipinski definition) is 1. The number of benzene rings is 2. The molecule has 3 saturated carbocycles. The van der Waals surface area contributed by atoms with Crippen LogP contribution in [-0.2, 0) is 9.53 Å². The molecule has 4 aliphatic rings. The van der Waals surface area contributed by atoms with Crippen LogP contribution in [0.5, 0.6) is 0 Å². The number of rotatable bonds is 5. The third-order valence-corrected chi connectivity index (χ3v) is 10.5. The molecule has 4 fully saturated rings. The van der Waals surface area contributed by atoms with E-state index >= 15 is 0 Å². The van der Waals surface area contributed by atoms with Crippen molar-refractivity contribution < 1.29 is 18.3 Å². The summed E-state index contributed by atoms with van der Waals surface area (Å²) in [6.07, 6.45) is 11.3. The number of hydrogen-bond acceptors (Lipinski definition) is 6. The van der Waals surface area contributed by atoms with Gasteiger partial charge in [0.15, 0.2) is 5.58 Å². The first-order valence-corrected chi connectivity index (χ1v) is 14.7. The number of carbonyl (C=O) groups is 1. The highest BCUT2D eigenvalue weighted by Gasteiger charge is 2.78. The summed E-state index contributed by atoms with van der Waals surface area (Å²) in [4.78, 5) is 22.3. The van der Waals surface area contributed by atoms with Crippen molar-refractivity contribution in [3.63, 3.8) is 0 Å². The zero-order valence-corrected chi connectivity index (χ0v) is 22.9. The standard InChI is InChI=1S/C34H32FN3O3/c1-20-30-27(31(39)40-20)17-23-16-26(37-32-38-28-7-2-3-8-29(28)41-32)12-13-33(23)19-34(30,33)14-11-25-10-9-22(18-36-25)21-5-4-6-24(35)15-21/h2-11,14-15,18,20,23,26-27,30H,12-13,16-17,19H2,1H3,(H,37,38)/b14-11+/t20-,23+,26-,27-,30-,33+,34?/m1/s1. The molecule has 0 amide bonds. The zero-order valence-electron chi connectivity index (χ0n) is 22.9. The van der Waals surface area contributed by atoms with Crippen LogP contribution in [-0.4, -0.2) is 28.1 Å². The molecule has 1 unspecified atom stereocenters. The first-order valence-electron chi connectivity index (χ1n) is 14.7. The van der Waals surface area contributed by atoms with Crippen molar-refractivity contribution >= 4 is 29.2 Å². The van der Waals surface area contributed by atoms with Crippen molar-refractivity contribution in [1.82, 2.24) is 9.97 Å². The second-order valence-electron chi connectivity index (χ2n) is 12.5. The van der Waals surface area contributed by atoms with Crippen LogP contribution in [0.15, 0.2) is 77.4 Å². The number of fused-ring (bicyclic) bond motifs is 3.